The molecule has 14 heavy (non-hydrogen) atoms. The third-order valence-corrected chi connectivity index (χ3v) is 3.16. The molecule has 0 saturated heterocycles. The van der Waals surface area contributed by atoms with Gasteiger partial charge in [-0.2, -0.15) is 0 Å². The van der Waals surface area contributed by atoms with Gasteiger partial charge in [0.2, 0.25) is 0 Å². The number of nitrogens with two attached hydrogens (primary N) is 1. The van der Waals surface area contributed by atoms with Crippen molar-refractivity contribution in [1.82, 2.24) is 0 Å². The Morgan fingerprint density at radius 2 is 2.21 bits per heavy atom. The first-order chi connectivity index (χ1) is 6.79. The minimum Gasteiger partial charge on any atom is -0.495 e. The van der Waals surface area contributed by atoms with Crippen LogP contribution in [0.3, 0.4) is 0 Å². The average molecular weight is 211 g/mol. The fraction of sp³-hybridized carbons (Fsp3) is 0.455. The summed E-state index contributed by atoms with van der Waals surface area (Å²) in [5.74, 6) is 1.89. The van der Waals surface area contributed by atoms with E-state index in [-0.39, 0.29) is 0 Å². The summed E-state index contributed by atoms with van der Waals surface area (Å²) < 4.78 is 5.15. The molecule has 0 unspecified atom stereocenters. The van der Waals surface area contributed by atoms with E-state index in [2.05, 4.69) is 6.92 Å². The molecule has 0 aliphatic carbocycles. The lowest BCUT2D eigenvalue weighted by Gasteiger charge is -2.08. The van der Waals surface area contributed by atoms with Gasteiger partial charge >= 0.3 is 0 Å². The highest BCUT2D eigenvalue weighted by atomic mass is 32.2. The van der Waals surface area contributed by atoms with Crippen LogP contribution >= 0.6 is 11.8 Å². The first kappa shape index (κ1) is 11.2. The number of unbranched alkanes of at least 4 members (excludes halogenated alkanes) is 1. The van der Waals surface area contributed by atoms with Crippen molar-refractivity contribution in [2.24, 2.45) is 0 Å². The number of thioether (sulfide) groups is 1. The van der Waals surface area contributed by atoms with Gasteiger partial charge in [-0.3, -0.25) is 0 Å². The van der Waals surface area contributed by atoms with Crippen molar-refractivity contribution in [3.63, 3.8) is 0 Å². The van der Waals surface area contributed by atoms with Crippen LogP contribution in [0, 0.1) is 0 Å². The van der Waals surface area contributed by atoms with Gasteiger partial charge in [-0.25, -0.2) is 0 Å². The van der Waals surface area contributed by atoms with Gasteiger partial charge in [-0.15, -0.1) is 11.8 Å². The summed E-state index contributed by atoms with van der Waals surface area (Å²) in [6, 6.07) is 5.90. The Balaban J connectivity index is 2.66. The Bertz CT molecular complexity index is 289. The summed E-state index contributed by atoms with van der Waals surface area (Å²) in [6.07, 6.45) is 2.44. The van der Waals surface area contributed by atoms with E-state index >= 15 is 0 Å². The molecule has 0 bridgehead atoms. The molecule has 1 rings (SSSR count). The van der Waals surface area contributed by atoms with Crippen molar-refractivity contribution in [2.75, 3.05) is 18.6 Å². The highest BCUT2D eigenvalue weighted by molar-refractivity contribution is 7.99. The normalized spacial score (nSPS) is 10.1. The molecule has 0 saturated carbocycles. The number of nitrogen functional groups attached to an aromatic ring is 1. The van der Waals surface area contributed by atoms with Crippen LogP contribution in [0.25, 0.3) is 0 Å². The van der Waals surface area contributed by atoms with E-state index in [0.29, 0.717) is 0 Å². The smallest absolute Gasteiger partial charge is 0.142 e. The molecule has 1 aromatic carbocycles. The predicted molar refractivity (Wildman–Crippen MR) is 63.0 cm³/mol. The second-order valence-corrected chi connectivity index (χ2v) is 4.21. The second kappa shape index (κ2) is 5.81. The quantitative estimate of drug-likeness (QED) is 0.461. The topological polar surface area (TPSA) is 35.2 Å². The molecule has 0 spiro atoms. The van der Waals surface area contributed by atoms with Gasteiger partial charge in [0.25, 0.3) is 0 Å². The first-order valence-electron chi connectivity index (χ1n) is 4.84. The minimum atomic E-state index is 0.760. The summed E-state index contributed by atoms with van der Waals surface area (Å²) in [6.45, 7) is 2.19. The molecule has 0 atom stereocenters. The van der Waals surface area contributed by atoms with Gasteiger partial charge < -0.3 is 10.5 Å². The Hall–Kier alpha value is -0.830. The first-order valence-corrected chi connectivity index (χ1v) is 5.83. The third kappa shape index (κ3) is 2.84. The van der Waals surface area contributed by atoms with E-state index in [1.54, 1.807) is 18.9 Å². The van der Waals surface area contributed by atoms with E-state index in [0.717, 1.165) is 22.1 Å². The molecule has 3 heteroatoms. The fourth-order valence-corrected chi connectivity index (χ4v) is 2.24. The molecule has 0 aromatic heterocycles. The molecule has 0 amide bonds. The molecule has 1 aromatic rings. The molecule has 0 radical (unpaired) electrons. The molecule has 0 fully saturated rings. The van der Waals surface area contributed by atoms with Gasteiger partial charge in [-0.1, -0.05) is 19.4 Å². The van der Waals surface area contributed by atoms with Gasteiger partial charge in [0, 0.05) is 4.90 Å². The number of anilines is 1. The van der Waals surface area contributed by atoms with Gasteiger partial charge in [-0.05, 0) is 24.3 Å². The van der Waals surface area contributed by atoms with E-state index in [4.69, 9.17) is 10.5 Å². The lowest BCUT2D eigenvalue weighted by molar-refractivity contribution is 0.416. The fourth-order valence-electron chi connectivity index (χ4n) is 1.15. The maximum Gasteiger partial charge on any atom is 0.142 e. The summed E-state index contributed by atoms with van der Waals surface area (Å²) in [7, 11) is 1.65. The monoisotopic (exact) mass is 211 g/mol. The Morgan fingerprint density at radius 1 is 1.43 bits per heavy atom. The number of ether oxygens (including phenoxy) is 1. The van der Waals surface area contributed by atoms with Crippen LogP contribution in [0.4, 0.5) is 5.69 Å². The summed E-state index contributed by atoms with van der Waals surface area (Å²) in [4.78, 5) is 1.12. The van der Waals surface area contributed by atoms with Crippen LogP contribution in [0.15, 0.2) is 23.1 Å². The maximum absolute atomic E-state index is 5.93. The molecule has 2 N–H and O–H groups in total. The second-order valence-electron chi connectivity index (χ2n) is 3.07. The van der Waals surface area contributed by atoms with Crippen molar-refractivity contribution in [2.45, 2.75) is 24.7 Å². The Labute approximate surface area is 89.8 Å². The van der Waals surface area contributed by atoms with Crippen molar-refractivity contribution < 1.29 is 4.74 Å². The van der Waals surface area contributed by atoms with Crippen LogP contribution in [0.2, 0.25) is 0 Å². The van der Waals surface area contributed by atoms with E-state index < -0.39 is 0 Å². The van der Waals surface area contributed by atoms with Gasteiger partial charge in [0.15, 0.2) is 0 Å². The SMILES string of the molecule is CCCCSc1cccc(OC)c1N. The van der Waals surface area contributed by atoms with Gasteiger partial charge in [0.1, 0.15) is 5.75 Å². The zero-order chi connectivity index (χ0) is 10.4. The third-order valence-electron chi connectivity index (χ3n) is 2.00. The summed E-state index contributed by atoms with van der Waals surface area (Å²) >= 11 is 1.80. The number of rotatable bonds is 5. The molecular formula is C11H17NOS. The standard InChI is InChI=1S/C11H17NOS/c1-3-4-8-14-10-7-5-6-9(13-2)11(10)12/h5-7H,3-4,8,12H2,1-2H3. The number of para-hydroxylation sites is 1. The molecule has 0 aliphatic heterocycles. The zero-order valence-electron chi connectivity index (χ0n) is 8.75. The molecular weight excluding hydrogens is 194 g/mol. The number of hydrogen-bond donors (Lipinski definition) is 1. The van der Waals surface area contributed by atoms with E-state index in [1.807, 2.05) is 18.2 Å². The number of hydrogen-bond acceptors (Lipinski definition) is 3. The van der Waals surface area contributed by atoms with Crippen molar-refractivity contribution in [3.05, 3.63) is 18.2 Å². The van der Waals surface area contributed by atoms with E-state index in [1.165, 1.54) is 12.8 Å². The predicted octanol–water partition coefficient (Wildman–Crippen LogP) is 3.17. The van der Waals surface area contributed by atoms with Crippen LogP contribution in [0.1, 0.15) is 19.8 Å². The zero-order valence-corrected chi connectivity index (χ0v) is 9.56. The van der Waals surface area contributed by atoms with Crippen LogP contribution in [-0.2, 0) is 0 Å². The number of methoxy groups -OCH3 is 1. The number of benzene rings is 1. The molecule has 2 nitrogen and oxygen atoms in total. The summed E-state index contributed by atoms with van der Waals surface area (Å²) in [5.41, 5.74) is 6.69. The largest absolute Gasteiger partial charge is 0.495 e. The lowest BCUT2D eigenvalue weighted by atomic mass is 10.3. The average Bonchev–Trinajstić information content (AvgIpc) is 2.21. The molecule has 0 aliphatic rings. The molecule has 78 valence electrons. The van der Waals surface area contributed by atoms with E-state index in [9.17, 15) is 0 Å². The Kier molecular flexibility index (Phi) is 4.66. The highest BCUT2D eigenvalue weighted by Crippen LogP contribution is 2.32. The summed E-state index contributed by atoms with van der Waals surface area (Å²) in [5, 5.41) is 0. The molecule has 0 heterocycles. The minimum absolute atomic E-state index is 0.760. The van der Waals surface area contributed by atoms with Gasteiger partial charge in [0.05, 0.1) is 12.8 Å². The van der Waals surface area contributed by atoms with Crippen LogP contribution in [0.5, 0.6) is 5.75 Å². The Morgan fingerprint density at radius 3 is 2.86 bits per heavy atom. The maximum atomic E-state index is 5.93. The van der Waals surface area contributed by atoms with Crippen LogP contribution in [-0.4, -0.2) is 12.9 Å². The van der Waals surface area contributed by atoms with Crippen molar-refractivity contribution in [1.29, 1.82) is 0 Å². The van der Waals surface area contributed by atoms with Crippen molar-refractivity contribution >= 4 is 17.4 Å². The highest BCUT2D eigenvalue weighted by Gasteiger charge is 2.04. The van der Waals surface area contributed by atoms with Crippen LogP contribution < -0.4 is 10.5 Å². The van der Waals surface area contributed by atoms with Crippen molar-refractivity contribution in [3.8, 4) is 5.75 Å². The lowest BCUT2D eigenvalue weighted by Crippen LogP contribution is -1.94.